The first kappa shape index (κ1) is 14.1. The van der Waals surface area contributed by atoms with Crippen LogP contribution < -0.4 is 5.32 Å². The molecule has 0 saturated heterocycles. The van der Waals surface area contributed by atoms with E-state index in [4.69, 9.17) is 9.47 Å². The van der Waals surface area contributed by atoms with E-state index < -0.39 is 0 Å². The third-order valence-electron chi connectivity index (χ3n) is 1.53. The van der Waals surface area contributed by atoms with Gasteiger partial charge in [0, 0.05) is 6.54 Å². The Labute approximate surface area is 91.6 Å². The molecular formula is C11H21NO3. The second-order valence-electron chi connectivity index (χ2n) is 3.41. The average molecular weight is 215 g/mol. The van der Waals surface area contributed by atoms with E-state index >= 15 is 0 Å². The van der Waals surface area contributed by atoms with Gasteiger partial charge in [-0.1, -0.05) is 6.08 Å². The Balaban J connectivity index is 3.16. The zero-order valence-electron chi connectivity index (χ0n) is 9.62. The van der Waals surface area contributed by atoms with Crippen LogP contribution in [-0.2, 0) is 14.3 Å². The summed E-state index contributed by atoms with van der Waals surface area (Å²) in [6.45, 7) is 9.43. The molecule has 0 bridgehead atoms. The molecule has 0 aliphatic carbocycles. The van der Waals surface area contributed by atoms with Crippen LogP contribution in [0, 0.1) is 0 Å². The van der Waals surface area contributed by atoms with Gasteiger partial charge in [-0.3, -0.25) is 4.79 Å². The largest absolute Gasteiger partial charge is 0.462 e. The van der Waals surface area contributed by atoms with Crippen LogP contribution in [0.5, 0.6) is 0 Å². The molecule has 15 heavy (non-hydrogen) atoms. The van der Waals surface area contributed by atoms with Gasteiger partial charge in [0.2, 0.25) is 0 Å². The maximum absolute atomic E-state index is 11.0. The van der Waals surface area contributed by atoms with Crippen molar-refractivity contribution in [1.82, 2.24) is 5.32 Å². The van der Waals surface area contributed by atoms with Crippen LogP contribution >= 0.6 is 0 Å². The van der Waals surface area contributed by atoms with Crippen molar-refractivity contribution in [2.24, 2.45) is 0 Å². The number of nitrogens with one attached hydrogen (secondary N) is 1. The average Bonchev–Trinajstić information content (AvgIpc) is 2.15. The molecule has 0 aromatic rings. The molecule has 0 aliphatic rings. The number of carbonyl (C=O) groups is 1. The molecule has 0 spiro atoms. The first-order valence-corrected chi connectivity index (χ1v) is 5.25. The van der Waals surface area contributed by atoms with Gasteiger partial charge >= 0.3 is 5.97 Å². The summed E-state index contributed by atoms with van der Waals surface area (Å²) in [5, 5.41) is 2.94. The lowest BCUT2D eigenvalue weighted by atomic mass is 10.4. The van der Waals surface area contributed by atoms with Crippen LogP contribution in [0.1, 0.15) is 20.3 Å². The van der Waals surface area contributed by atoms with Gasteiger partial charge in [0.05, 0.1) is 25.9 Å². The fraction of sp³-hybridized carbons (Fsp3) is 0.727. The monoisotopic (exact) mass is 215 g/mol. The minimum Gasteiger partial charge on any atom is -0.462 e. The van der Waals surface area contributed by atoms with E-state index in [0.29, 0.717) is 19.8 Å². The van der Waals surface area contributed by atoms with Crippen LogP contribution in [0.25, 0.3) is 0 Å². The fourth-order valence-corrected chi connectivity index (χ4v) is 0.908. The van der Waals surface area contributed by atoms with Crippen LogP contribution in [0.4, 0.5) is 0 Å². The molecule has 4 nitrogen and oxygen atoms in total. The van der Waals surface area contributed by atoms with Gasteiger partial charge in [0.15, 0.2) is 0 Å². The number of carbonyl (C=O) groups excluding carboxylic acids is 1. The molecule has 0 atom stereocenters. The van der Waals surface area contributed by atoms with E-state index in [-0.39, 0.29) is 18.6 Å². The molecule has 0 aromatic heterocycles. The minimum absolute atomic E-state index is 0.0526. The Morgan fingerprint density at radius 1 is 1.47 bits per heavy atom. The van der Waals surface area contributed by atoms with E-state index in [2.05, 4.69) is 11.9 Å². The number of rotatable bonds is 9. The lowest BCUT2D eigenvalue weighted by molar-refractivity contribution is -0.146. The van der Waals surface area contributed by atoms with Gasteiger partial charge in [0.1, 0.15) is 0 Å². The Bertz CT molecular complexity index is 181. The maximum Gasteiger partial charge on any atom is 0.320 e. The molecule has 0 unspecified atom stereocenters. The molecule has 0 radical (unpaired) electrons. The first-order valence-electron chi connectivity index (χ1n) is 5.25. The molecule has 0 aliphatic heterocycles. The fourth-order valence-electron chi connectivity index (χ4n) is 0.908. The van der Waals surface area contributed by atoms with Gasteiger partial charge in [0.25, 0.3) is 0 Å². The molecule has 0 heterocycles. The molecule has 88 valence electrons. The van der Waals surface area contributed by atoms with Gasteiger partial charge in [-0.15, -0.1) is 6.58 Å². The Hall–Kier alpha value is -0.870. The van der Waals surface area contributed by atoms with E-state index in [1.54, 1.807) is 0 Å². The predicted octanol–water partition coefficient (Wildman–Crippen LogP) is 1.12. The van der Waals surface area contributed by atoms with Gasteiger partial charge in [-0.2, -0.15) is 0 Å². The summed E-state index contributed by atoms with van der Waals surface area (Å²) in [6, 6.07) is 0. The lowest BCUT2D eigenvalue weighted by Crippen LogP contribution is -2.29. The standard InChI is InChI=1S/C11H21NO3/c1-4-5-7-14-8-6-12-9-11(13)15-10(2)3/h4,10,12H,1,5-9H2,2-3H3. The summed E-state index contributed by atoms with van der Waals surface area (Å²) in [7, 11) is 0. The summed E-state index contributed by atoms with van der Waals surface area (Å²) in [6.07, 6.45) is 2.62. The Morgan fingerprint density at radius 3 is 2.80 bits per heavy atom. The van der Waals surface area contributed by atoms with Crippen molar-refractivity contribution in [3.8, 4) is 0 Å². The zero-order chi connectivity index (χ0) is 11.5. The number of hydrogen-bond donors (Lipinski definition) is 1. The SMILES string of the molecule is C=CCCOCCNCC(=O)OC(C)C. The van der Waals surface area contributed by atoms with Crippen molar-refractivity contribution in [1.29, 1.82) is 0 Å². The van der Waals surface area contributed by atoms with Crippen LogP contribution in [-0.4, -0.2) is 38.4 Å². The molecule has 0 saturated carbocycles. The summed E-state index contributed by atoms with van der Waals surface area (Å²) in [4.78, 5) is 11.0. The van der Waals surface area contributed by atoms with E-state index in [1.165, 1.54) is 0 Å². The molecule has 1 N–H and O–H groups in total. The highest BCUT2D eigenvalue weighted by molar-refractivity contribution is 5.71. The van der Waals surface area contributed by atoms with Crippen LogP contribution in [0.2, 0.25) is 0 Å². The van der Waals surface area contributed by atoms with Gasteiger partial charge < -0.3 is 14.8 Å². The van der Waals surface area contributed by atoms with Crippen LogP contribution in [0.15, 0.2) is 12.7 Å². The Kier molecular flexibility index (Phi) is 9.11. The predicted molar refractivity (Wildman–Crippen MR) is 59.7 cm³/mol. The van der Waals surface area contributed by atoms with Crippen molar-refractivity contribution >= 4 is 5.97 Å². The summed E-state index contributed by atoms with van der Waals surface area (Å²) in [5.74, 6) is -0.226. The number of ether oxygens (including phenoxy) is 2. The number of esters is 1. The zero-order valence-corrected chi connectivity index (χ0v) is 9.62. The van der Waals surface area contributed by atoms with Crippen molar-refractivity contribution in [3.05, 3.63) is 12.7 Å². The highest BCUT2D eigenvalue weighted by atomic mass is 16.5. The second-order valence-corrected chi connectivity index (χ2v) is 3.41. The van der Waals surface area contributed by atoms with Gasteiger partial charge in [-0.05, 0) is 20.3 Å². The third kappa shape index (κ3) is 11.1. The van der Waals surface area contributed by atoms with Crippen molar-refractivity contribution in [2.45, 2.75) is 26.4 Å². The highest BCUT2D eigenvalue weighted by Gasteiger charge is 2.03. The molecule has 4 heteroatoms. The molecule has 0 aromatic carbocycles. The Morgan fingerprint density at radius 2 is 2.20 bits per heavy atom. The smallest absolute Gasteiger partial charge is 0.320 e. The highest BCUT2D eigenvalue weighted by Crippen LogP contribution is 1.87. The normalized spacial score (nSPS) is 10.3. The molecule has 0 rings (SSSR count). The number of hydrogen-bond acceptors (Lipinski definition) is 4. The van der Waals surface area contributed by atoms with E-state index in [1.807, 2.05) is 19.9 Å². The topological polar surface area (TPSA) is 47.6 Å². The van der Waals surface area contributed by atoms with Crippen molar-refractivity contribution < 1.29 is 14.3 Å². The minimum atomic E-state index is -0.226. The third-order valence-corrected chi connectivity index (χ3v) is 1.53. The van der Waals surface area contributed by atoms with Crippen molar-refractivity contribution in [3.63, 3.8) is 0 Å². The lowest BCUT2D eigenvalue weighted by Gasteiger charge is -2.08. The van der Waals surface area contributed by atoms with Crippen molar-refractivity contribution in [2.75, 3.05) is 26.3 Å². The van der Waals surface area contributed by atoms with Gasteiger partial charge in [-0.25, -0.2) is 0 Å². The first-order chi connectivity index (χ1) is 7.16. The summed E-state index contributed by atoms with van der Waals surface area (Å²) in [5.41, 5.74) is 0. The summed E-state index contributed by atoms with van der Waals surface area (Å²) >= 11 is 0. The molecule has 0 amide bonds. The quantitative estimate of drug-likeness (QED) is 0.356. The maximum atomic E-state index is 11.0. The van der Waals surface area contributed by atoms with E-state index in [0.717, 1.165) is 6.42 Å². The van der Waals surface area contributed by atoms with E-state index in [9.17, 15) is 4.79 Å². The summed E-state index contributed by atoms with van der Waals surface area (Å²) < 4.78 is 10.2. The second kappa shape index (κ2) is 9.68. The van der Waals surface area contributed by atoms with Crippen LogP contribution in [0.3, 0.4) is 0 Å². The molecule has 0 fully saturated rings. The molecular weight excluding hydrogens is 194 g/mol.